The third-order valence-electron chi connectivity index (χ3n) is 5.93. The third-order valence-corrected chi connectivity index (χ3v) is 5.93. The Morgan fingerprint density at radius 1 is 1.10 bits per heavy atom. The van der Waals surface area contributed by atoms with E-state index in [1.807, 2.05) is 24.4 Å². The smallest absolute Gasteiger partial charge is 0.251 e. The number of amides is 1. The van der Waals surface area contributed by atoms with Crippen molar-refractivity contribution in [2.24, 2.45) is 4.99 Å². The van der Waals surface area contributed by atoms with Gasteiger partial charge in [-0.3, -0.25) is 15.1 Å². The number of nitrogens with one attached hydrogen (secondary N) is 3. The fourth-order valence-electron chi connectivity index (χ4n) is 4.12. The molecule has 0 spiro atoms. The number of hydrogen-bond donors (Lipinski definition) is 3. The molecule has 1 saturated carbocycles. The van der Waals surface area contributed by atoms with Crippen molar-refractivity contribution in [2.75, 3.05) is 13.6 Å². The molecule has 1 fully saturated rings. The summed E-state index contributed by atoms with van der Waals surface area (Å²) in [4.78, 5) is 16.8. The van der Waals surface area contributed by atoms with Gasteiger partial charge >= 0.3 is 0 Å². The van der Waals surface area contributed by atoms with Gasteiger partial charge in [0, 0.05) is 30.6 Å². The lowest BCUT2D eigenvalue weighted by atomic mass is 9.68. The molecule has 3 rings (SSSR count). The lowest BCUT2D eigenvalue weighted by Crippen LogP contribution is -2.49. The molecule has 0 atom stereocenters. The molecule has 7 heteroatoms. The van der Waals surface area contributed by atoms with Gasteiger partial charge in [0.05, 0.1) is 11.6 Å². The molecule has 0 aromatic heterocycles. The monoisotopic (exact) mass is 414 g/mol. The number of hydrogen-bond acceptors (Lipinski definition) is 4. The highest BCUT2D eigenvalue weighted by Crippen LogP contribution is 2.39. The largest absolute Gasteiger partial charge is 0.353 e. The number of carbonyl (C=O) groups excluding carboxylic acids is 1. The van der Waals surface area contributed by atoms with E-state index >= 15 is 0 Å². The van der Waals surface area contributed by atoms with Gasteiger partial charge in [-0.2, -0.15) is 10.5 Å². The van der Waals surface area contributed by atoms with Gasteiger partial charge in [-0.25, -0.2) is 0 Å². The average molecular weight is 415 g/mol. The van der Waals surface area contributed by atoms with Crippen molar-refractivity contribution in [3.63, 3.8) is 0 Å². The van der Waals surface area contributed by atoms with Crippen LogP contribution in [0.1, 0.15) is 47.2 Å². The number of rotatable bonds is 5. The van der Waals surface area contributed by atoms with Crippen molar-refractivity contribution < 1.29 is 4.79 Å². The van der Waals surface area contributed by atoms with Gasteiger partial charge in [0.25, 0.3) is 5.91 Å². The van der Waals surface area contributed by atoms with Gasteiger partial charge in [-0.05, 0) is 55.5 Å². The van der Waals surface area contributed by atoms with E-state index < -0.39 is 0 Å². The fraction of sp³-hybridized carbons (Fsp3) is 0.333. The van der Waals surface area contributed by atoms with Crippen LogP contribution in [0.2, 0.25) is 0 Å². The second-order valence-corrected chi connectivity index (χ2v) is 7.75. The molecule has 1 aliphatic rings. The van der Waals surface area contributed by atoms with Crippen LogP contribution in [0.4, 0.5) is 0 Å². The van der Waals surface area contributed by atoms with Crippen LogP contribution in [0.3, 0.4) is 0 Å². The molecule has 0 aliphatic heterocycles. The zero-order valence-electron chi connectivity index (χ0n) is 17.6. The van der Waals surface area contributed by atoms with E-state index in [1.54, 1.807) is 31.3 Å². The number of nitriles is 2. The highest BCUT2D eigenvalue weighted by Gasteiger charge is 2.37. The Balaban J connectivity index is 1.70. The van der Waals surface area contributed by atoms with Crippen LogP contribution in [-0.2, 0) is 5.41 Å². The summed E-state index contributed by atoms with van der Waals surface area (Å²) in [6, 6.07) is 19.2. The quantitative estimate of drug-likeness (QED) is 0.301. The van der Waals surface area contributed by atoms with E-state index in [4.69, 9.17) is 10.5 Å². The minimum absolute atomic E-state index is 0.140. The number of aliphatic imine (C=N–C) groups is 1. The summed E-state index contributed by atoms with van der Waals surface area (Å²) in [6.45, 7) is 0.535. The Hall–Kier alpha value is -3.84. The summed E-state index contributed by atoms with van der Waals surface area (Å²) < 4.78 is 0. The SMILES string of the molecule is CN=C(NC#N)NC1CCC(CNC(=O)c2ccc(C#N)cc2)(c2ccccc2)CC1. The molecular formula is C24H26N6O. The predicted molar refractivity (Wildman–Crippen MR) is 119 cm³/mol. The van der Waals surface area contributed by atoms with E-state index in [-0.39, 0.29) is 17.4 Å². The molecule has 0 bridgehead atoms. The van der Waals surface area contributed by atoms with Crippen molar-refractivity contribution in [2.45, 2.75) is 37.1 Å². The first-order valence-electron chi connectivity index (χ1n) is 10.3. The maximum Gasteiger partial charge on any atom is 0.251 e. The van der Waals surface area contributed by atoms with Gasteiger partial charge in [-0.15, -0.1) is 0 Å². The van der Waals surface area contributed by atoms with Crippen molar-refractivity contribution >= 4 is 11.9 Å². The third kappa shape index (κ3) is 5.40. The number of guanidine groups is 1. The number of carbonyl (C=O) groups is 1. The second kappa shape index (κ2) is 10.3. The van der Waals surface area contributed by atoms with E-state index in [0.717, 1.165) is 25.7 Å². The van der Waals surface area contributed by atoms with E-state index in [9.17, 15) is 4.79 Å². The van der Waals surface area contributed by atoms with Crippen LogP contribution in [0.25, 0.3) is 0 Å². The minimum atomic E-state index is -0.159. The zero-order valence-corrected chi connectivity index (χ0v) is 17.6. The highest BCUT2D eigenvalue weighted by molar-refractivity contribution is 5.94. The maximum absolute atomic E-state index is 12.7. The van der Waals surface area contributed by atoms with Crippen LogP contribution >= 0.6 is 0 Å². The molecule has 0 saturated heterocycles. The highest BCUT2D eigenvalue weighted by atomic mass is 16.1. The van der Waals surface area contributed by atoms with E-state index in [0.29, 0.717) is 23.6 Å². The molecule has 1 aliphatic carbocycles. The minimum Gasteiger partial charge on any atom is -0.353 e. The van der Waals surface area contributed by atoms with Crippen LogP contribution in [0.15, 0.2) is 59.6 Å². The van der Waals surface area contributed by atoms with Gasteiger partial charge in [0.1, 0.15) is 0 Å². The Bertz CT molecular complexity index is 993. The summed E-state index contributed by atoms with van der Waals surface area (Å²) in [5.74, 6) is 0.340. The first kappa shape index (κ1) is 21.9. The van der Waals surface area contributed by atoms with E-state index in [2.05, 4.69) is 39.1 Å². The normalized spacial score (nSPS) is 20.7. The molecule has 2 aromatic rings. The lowest BCUT2D eigenvalue weighted by molar-refractivity contribution is 0.0935. The summed E-state index contributed by atoms with van der Waals surface area (Å²) in [7, 11) is 1.64. The summed E-state index contributed by atoms with van der Waals surface area (Å²) in [6.07, 6.45) is 5.48. The van der Waals surface area contributed by atoms with Crippen LogP contribution in [0.5, 0.6) is 0 Å². The van der Waals surface area contributed by atoms with Crippen LogP contribution in [0, 0.1) is 22.8 Å². The molecule has 3 N–H and O–H groups in total. The number of benzene rings is 2. The summed E-state index contributed by atoms with van der Waals surface area (Å²) >= 11 is 0. The molecular weight excluding hydrogens is 388 g/mol. The molecule has 158 valence electrons. The Kier molecular flexibility index (Phi) is 7.24. The first-order valence-corrected chi connectivity index (χ1v) is 10.3. The van der Waals surface area contributed by atoms with E-state index in [1.165, 1.54) is 5.56 Å². The van der Waals surface area contributed by atoms with Crippen molar-refractivity contribution in [3.05, 3.63) is 71.3 Å². The molecule has 0 heterocycles. The van der Waals surface area contributed by atoms with Crippen molar-refractivity contribution in [1.82, 2.24) is 16.0 Å². The molecule has 0 unspecified atom stereocenters. The lowest BCUT2D eigenvalue weighted by Gasteiger charge is -2.41. The standard InChI is InChI=1S/C24H26N6O/c1-27-23(29-17-26)30-21-11-13-24(14-12-21,20-5-3-2-4-6-20)16-28-22(31)19-9-7-18(15-25)8-10-19/h2-10,21H,11-14,16H2,1H3,(H,28,31)(H2,27,29,30). The molecule has 31 heavy (non-hydrogen) atoms. The zero-order chi connectivity index (χ0) is 22.1. The van der Waals surface area contributed by atoms with Crippen molar-refractivity contribution in [3.8, 4) is 12.3 Å². The van der Waals surface area contributed by atoms with Crippen molar-refractivity contribution in [1.29, 1.82) is 10.5 Å². The summed E-state index contributed by atoms with van der Waals surface area (Å²) in [5, 5.41) is 26.8. The second-order valence-electron chi connectivity index (χ2n) is 7.75. The topological polar surface area (TPSA) is 113 Å². The maximum atomic E-state index is 12.7. The molecule has 0 radical (unpaired) electrons. The Labute approximate surface area is 182 Å². The predicted octanol–water partition coefficient (Wildman–Crippen LogP) is 2.81. The average Bonchev–Trinajstić information content (AvgIpc) is 2.83. The molecule has 1 amide bonds. The van der Waals surface area contributed by atoms with Gasteiger partial charge in [-0.1, -0.05) is 30.3 Å². The number of nitrogens with zero attached hydrogens (tertiary/aromatic N) is 3. The van der Waals surface area contributed by atoms with Gasteiger partial charge in [0.2, 0.25) is 5.96 Å². The Morgan fingerprint density at radius 3 is 2.35 bits per heavy atom. The van der Waals surface area contributed by atoms with Crippen LogP contribution in [-0.4, -0.2) is 31.5 Å². The summed E-state index contributed by atoms with van der Waals surface area (Å²) in [5.41, 5.74) is 2.13. The first-order chi connectivity index (χ1) is 15.1. The Morgan fingerprint density at radius 2 is 1.77 bits per heavy atom. The van der Waals surface area contributed by atoms with Gasteiger partial charge in [0.15, 0.2) is 6.19 Å². The van der Waals surface area contributed by atoms with Crippen LogP contribution < -0.4 is 16.0 Å². The fourth-order valence-corrected chi connectivity index (χ4v) is 4.12. The van der Waals surface area contributed by atoms with Gasteiger partial charge < -0.3 is 10.6 Å². The molecule has 7 nitrogen and oxygen atoms in total. The molecule has 2 aromatic carbocycles.